The molecule has 2 aliphatic rings. The van der Waals surface area contributed by atoms with Crippen LogP contribution in [0.5, 0.6) is 0 Å². The molecule has 3 rings (SSSR count). The summed E-state index contributed by atoms with van der Waals surface area (Å²) in [7, 11) is 2.07. The summed E-state index contributed by atoms with van der Waals surface area (Å²) < 4.78 is 5.52. The van der Waals surface area contributed by atoms with Crippen molar-refractivity contribution in [1.29, 1.82) is 0 Å². The van der Waals surface area contributed by atoms with Gasteiger partial charge in [0.15, 0.2) is 0 Å². The van der Waals surface area contributed by atoms with Crippen molar-refractivity contribution < 1.29 is 4.74 Å². The molecule has 1 aromatic carbocycles. The van der Waals surface area contributed by atoms with Gasteiger partial charge in [-0.25, -0.2) is 0 Å². The van der Waals surface area contributed by atoms with Gasteiger partial charge in [-0.2, -0.15) is 0 Å². The van der Waals surface area contributed by atoms with Crippen molar-refractivity contribution in [2.24, 2.45) is 5.41 Å². The third-order valence-electron chi connectivity index (χ3n) is 4.88. The van der Waals surface area contributed by atoms with Crippen LogP contribution in [0.2, 0.25) is 0 Å². The average molecular weight is 245 g/mol. The number of hydrogen-bond acceptors (Lipinski definition) is 2. The molecule has 0 unspecified atom stereocenters. The molecule has 1 saturated carbocycles. The Kier molecular flexibility index (Phi) is 3.16. The SMILES string of the molecule is CNCC1(c2ccccc2)CC2(CCOCC2)C1. The maximum atomic E-state index is 5.52. The third-order valence-corrected chi connectivity index (χ3v) is 4.88. The second-order valence-electron chi connectivity index (χ2n) is 6.14. The highest BCUT2D eigenvalue weighted by atomic mass is 16.5. The summed E-state index contributed by atoms with van der Waals surface area (Å²) in [4.78, 5) is 0. The van der Waals surface area contributed by atoms with Crippen LogP contribution < -0.4 is 5.32 Å². The van der Waals surface area contributed by atoms with E-state index >= 15 is 0 Å². The molecule has 0 radical (unpaired) electrons. The first kappa shape index (κ1) is 12.2. The lowest BCUT2D eigenvalue weighted by Gasteiger charge is -2.58. The number of nitrogens with one attached hydrogen (secondary N) is 1. The second-order valence-corrected chi connectivity index (χ2v) is 6.14. The van der Waals surface area contributed by atoms with Gasteiger partial charge in [0.05, 0.1) is 0 Å². The lowest BCUT2D eigenvalue weighted by atomic mass is 9.48. The first-order valence-corrected chi connectivity index (χ1v) is 7.07. The maximum absolute atomic E-state index is 5.52. The van der Waals surface area contributed by atoms with Crippen molar-refractivity contribution in [3.05, 3.63) is 35.9 Å². The summed E-state index contributed by atoms with van der Waals surface area (Å²) in [5.74, 6) is 0. The van der Waals surface area contributed by atoms with Gasteiger partial charge in [-0.1, -0.05) is 30.3 Å². The first-order chi connectivity index (χ1) is 8.79. The molecule has 0 amide bonds. The van der Waals surface area contributed by atoms with Crippen LogP contribution in [0.1, 0.15) is 31.2 Å². The third kappa shape index (κ3) is 1.98. The van der Waals surface area contributed by atoms with E-state index in [1.807, 2.05) is 0 Å². The molecule has 0 aromatic heterocycles. The molecule has 2 nitrogen and oxygen atoms in total. The van der Waals surface area contributed by atoms with Crippen LogP contribution in [0.4, 0.5) is 0 Å². The number of benzene rings is 1. The molecule has 1 N–H and O–H groups in total. The van der Waals surface area contributed by atoms with Crippen molar-refractivity contribution >= 4 is 0 Å². The fourth-order valence-electron chi connectivity index (χ4n) is 4.10. The smallest absolute Gasteiger partial charge is 0.0471 e. The molecule has 1 spiro atoms. The van der Waals surface area contributed by atoms with Crippen molar-refractivity contribution in [2.45, 2.75) is 31.1 Å². The molecule has 1 aliphatic carbocycles. The minimum atomic E-state index is 0.368. The summed E-state index contributed by atoms with van der Waals surface area (Å²) in [6.45, 7) is 3.02. The molecule has 1 aliphatic heterocycles. The minimum absolute atomic E-state index is 0.368. The fourth-order valence-corrected chi connectivity index (χ4v) is 4.10. The zero-order chi connectivity index (χ0) is 12.5. The highest BCUT2D eigenvalue weighted by Crippen LogP contribution is 2.59. The molecule has 1 heterocycles. The molecule has 1 saturated heterocycles. The van der Waals surface area contributed by atoms with Gasteiger partial charge in [0.25, 0.3) is 0 Å². The van der Waals surface area contributed by atoms with Crippen LogP contribution >= 0.6 is 0 Å². The van der Waals surface area contributed by atoms with Gasteiger partial charge >= 0.3 is 0 Å². The van der Waals surface area contributed by atoms with Crippen molar-refractivity contribution in [2.75, 3.05) is 26.8 Å². The Labute approximate surface area is 110 Å². The number of likely N-dealkylation sites (N-methyl/N-ethyl adjacent to an activating group) is 1. The van der Waals surface area contributed by atoms with Gasteiger partial charge in [0, 0.05) is 25.2 Å². The summed E-state index contributed by atoms with van der Waals surface area (Å²) in [5.41, 5.74) is 2.45. The fraction of sp³-hybridized carbons (Fsp3) is 0.625. The summed E-state index contributed by atoms with van der Waals surface area (Å²) >= 11 is 0. The first-order valence-electron chi connectivity index (χ1n) is 7.07. The van der Waals surface area contributed by atoms with Gasteiger partial charge in [-0.05, 0) is 43.7 Å². The lowest BCUT2D eigenvalue weighted by molar-refractivity contribution is -0.0732. The zero-order valence-corrected chi connectivity index (χ0v) is 11.2. The van der Waals surface area contributed by atoms with Gasteiger partial charge in [-0.3, -0.25) is 0 Å². The van der Waals surface area contributed by atoms with Crippen molar-refractivity contribution in [3.8, 4) is 0 Å². The normalized spacial score (nSPS) is 24.7. The van der Waals surface area contributed by atoms with E-state index in [0.717, 1.165) is 19.8 Å². The van der Waals surface area contributed by atoms with E-state index in [4.69, 9.17) is 4.74 Å². The Morgan fingerprint density at radius 2 is 1.78 bits per heavy atom. The quantitative estimate of drug-likeness (QED) is 0.884. The van der Waals surface area contributed by atoms with Crippen LogP contribution in [0, 0.1) is 5.41 Å². The average Bonchev–Trinajstić information content (AvgIpc) is 2.39. The van der Waals surface area contributed by atoms with Gasteiger partial charge in [0.2, 0.25) is 0 Å². The molecule has 2 fully saturated rings. The lowest BCUT2D eigenvalue weighted by Crippen LogP contribution is -2.56. The molecular formula is C16H23NO. The van der Waals surface area contributed by atoms with E-state index < -0.39 is 0 Å². The molecular weight excluding hydrogens is 222 g/mol. The van der Waals surface area contributed by atoms with Gasteiger partial charge in [-0.15, -0.1) is 0 Å². The maximum Gasteiger partial charge on any atom is 0.0471 e. The van der Waals surface area contributed by atoms with E-state index in [2.05, 4.69) is 42.7 Å². The van der Waals surface area contributed by atoms with Crippen LogP contribution in [0.25, 0.3) is 0 Å². The van der Waals surface area contributed by atoms with Gasteiger partial charge < -0.3 is 10.1 Å². The van der Waals surface area contributed by atoms with Gasteiger partial charge in [0.1, 0.15) is 0 Å². The van der Waals surface area contributed by atoms with Crippen LogP contribution in [0.15, 0.2) is 30.3 Å². The largest absolute Gasteiger partial charge is 0.381 e. The monoisotopic (exact) mass is 245 g/mol. The van der Waals surface area contributed by atoms with Crippen molar-refractivity contribution in [1.82, 2.24) is 5.32 Å². The predicted octanol–water partition coefficient (Wildman–Crippen LogP) is 2.73. The summed E-state index contributed by atoms with van der Waals surface area (Å²) in [6, 6.07) is 11.0. The Morgan fingerprint density at radius 1 is 1.11 bits per heavy atom. The summed E-state index contributed by atoms with van der Waals surface area (Å²) in [5, 5.41) is 3.40. The Hall–Kier alpha value is -0.860. The van der Waals surface area contributed by atoms with Crippen molar-refractivity contribution in [3.63, 3.8) is 0 Å². The van der Waals surface area contributed by atoms with E-state index in [-0.39, 0.29) is 0 Å². The number of ether oxygens (including phenoxy) is 1. The Bertz CT molecular complexity index is 387. The second kappa shape index (κ2) is 4.67. The molecule has 0 bridgehead atoms. The topological polar surface area (TPSA) is 21.3 Å². The van der Waals surface area contributed by atoms with E-state index in [9.17, 15) is 0 Å². The van der Waals surface area contributed by atoms with E-state index in [1.165, 1.54) is 31.2 Å². The Morgan fingerprint density at radius 3 is 2.39 bits per heavy atom. The highest BCUT2D eigenvalue weighted by molar-refractivity contribution is 5.31. The zero-order valence-electron chi connectivity index (χ0n) is 11.2. The highest BCUT2D eigenvalue weighted by Gasteiger charge is 2.54. The van der Waals surface area contributed by atoms with E-state index in [0.29, 0.717) is 10.8 Å². The minimum Gasteiger partial charge on any atom is -0.381 e. The molecule has 2 heteroatoms. The standard InChI is InChI=1S/C16H23NO/c1-17-13-16(14-5-3-2-4-6-14)11-15(12-16)7-9-18-10-8-15/h2-6,17H,7-13H2,1H3. The predicted molar refractivity (Wildman–Crippen MR) is 73.8 cm³/mol. The Balaban J connectivity index is 1.79. The van der Waals surface area contributed by atoms with Crippen LogP contribution in [-0.2, 0) is 10.2 Å². The molecule has 1 aromatic rings. The molecule has 18 heavy (non-hydrogen) atoms. The van der Waals surface area contributed by atoms with Crippen LogP contribution in [0.3, 0.4) is 0 Å². The molecule has 0 atom stereocenters. The number of hydrogen-bond donors (Lipinski definition) is 1. The van der Waals surface area contributed by atoms with E-state index in [1.54, 1.807) is 0 Å². The van der Waals surface area contributed by atoms with Crippen LogP contribution in [-0.4, -0.2) is 26.8 Å². The summed E-state index contributed by atoms with van der Waals surface area (Å²) in [6.07, 6.45) is 5.17. The molecule has 98 valence electrons. The number of rotatable bonds is 3.